The Balaban J connectivity index is 1.62. The number of methoxy groups -OCH3 is 1. The molecule has 2 aromatic rings. The standard InChI is InChI=1S/C21H22N2O5/c1-28-18-13-16(21(26)27)8-7-14(18)9-10-22-20(25)15-4-2-5-17(12-15)23-11-3-6-19(23)24/h2,4-5,7-8,12-13H,3,6,9-11H2,1H3,(H,22,25)(H,26,27). The van der Waals surface area contributed by atoms with Gasteiger partial charge in [-0.05, 0) is 48.7 Å². The fourth-order valence-corrected chi connectivity index (χ4v) is 3.23. The molecule has 2 N–H and O–H groups in total. The second kappa shape index (κ2) is 8.56. The van der Waals surface area contributed by atoms with Gasteiger partial charge in [-0.1, -0.05) is 12.1 Å². The van der Waals surface area contributed by atoms with Crippen molar-refractivity contribution in [1.82, 2.24) is 5.32 Å². The van der Waals surface area contributed by atoms with E-state index in [9.17, 15) is 14.4 Å². The summed E-state index contributed by atoms with van der Waals surface area (Å²) >= 11 is 0. The number of hydrogen-bond acceptors (Lipinski definition) is 4. The fourth-order valence-electron chi connectivity index (χ4n) is 3.23. The van der Waals surface area contributed by atoms with E-state index in [1.54, 1.807) is 29.2 Å². The minimum Gasteiger partial charge on any atom is -0.496 e. The van der Waals surface area contributed by atoms with Crippen LogP contribution in [0.25, 0.3) is 0 Å². The lowest BCUT2D eigenvalue weighted by molar-refractivity contribution is -0.117. The molecule has 2 aromatic carbocycles. The number of ether oxygens (including phenoxy) is 1. The second-order valence-electron chi connectivity index (χ2n) is 6.54. The summed E-state index contributed by atoms with van der Waals surface area (Å²) in [5.41, 5.74) is 2.19. The molecule has 7 heteroatoms. The number of amides is 2. The minimum atomic E-state index is -1.02. The number of nitrogens with one attached hydrogen (secondary N) is 1. The maximum absolute atomic E-state index is 12.5. The lowest BCUT2D eigenvalue weighted by atomic mass is 10.1. The lowest BCUT2D eigenvalue weighted by Gasteiger charge is -2.16. The van der Waals surface area contributed by atoms with Crippen molar-refractivity contribution >= 4 is 23.5 Å². The summed E-state index contributed by atoms with van der Waals surface area (Å²) in [7, 11) is 1.48. The third kappa shape index (κ3) is 4.31. The molecule has 1 aliphatic heterocycles. The van der Waals surface area contributed by atoms with Crippen molar-refractivity contribution in [2.24, 2.45) is 0 Å². The second-order valence-corrected chi connectivity index (χ2v) is 6.54. The minimum absolute atomic E-state index is 0.0782. The lowest BCUT2D eigenvalue weighted by Crippen LogP contribution is -2.27. The summed E-state index contributed by atoms with van der Waals surface area (Å²) in [5.74, 6) is -0.692. The van der Waals surface area contributed by atoms with E-state index in [-0.39, 0.29) is 17.4 Å². The number of carbonyl (C=O) groups excluding carboxylic acids is 2. The van der Waals surface area contributed by atoms with Gasteiger partial charge in [0.25, 0.3) is 5.91 Å². The van der Waals surface area contributed by atoms with Crippen molar-refractivity contribution in [1.29, 1.82) is 0 Å². The van der Waals surface area contributed by atoms with Crippen molar-refractivity contribution in [3.63, 3.8) is 0 Å². The van der Waals surface area contributed by atoms with Gasteiger partial charge in [0.15, 0.2) is 0 Å². The van der Waals surface area contributed by atoms with E-state index in [0.717, 1.165) is 17.7 Å². The number of carboxylic acid groups (broad SMARTS) is 1. The van der Waals surface area contributed by atoms with Crippen LogP contribution in [-0.2, 0) is 11.2 Å². The van der Waals surface area contributed by atoms with Crippen LogP contribution in [0.3, 0.4) is 0 Å². The summed E-state index contributed by atoms with van der Waals surface area (Å²) in [4.78, 5) is 37.1. The molecule has 0 aliphatic carbocycles. The molecule has 0 bridgehead atoms. The molecule has 0 spiro atoms. The zero-order valence-electron chi connectivity index (χ0n) is 15.6. The van der Waals surface area contributed by atoms with E-state index >= 15 is 0 Å². The molecule has 0 aromatic heterocycles. The van der Waals surface area contributed by atoms with E-state index in [2.05, 4.69) is 5.32 Å². The van der Waals surface area contributed by atoms with Crippen molar-refractivity contribution in [3.05, 3.63) is 59.2 Å². The Kier molecular flexibility index (Phi) is 5.93. The molecule has 0 saturated carbocycles. The Morgan fingerprint density at radius 3 is 2.68 bits per heavy atom. The van der Waals surface area contributed by atoms with Gasteiger partial charge in [0, 0.05) is 30.8 Å². The van der Waals surface area contributed by atoms with Crippen LogP contribution in [0.15, 0.2) is 42.5 Å². The summed E-state index contributed by atoms with van der Waals surface area (Å²) in [6.07, 6.45) is 1.87. The van der Waals surface area contributed by atoms with E-state index in [0.29, 0.717) is 37.2 Å². The van der Waals surface area contributed by atoms with Gasteiger partial charge < -0.3 is 20.1 Å². The Morgan fingerprint density at radius 2 is 2.00 bits per heavy atom. The maximum atomic E-state index is 12.5. The van der Waals surface area contributed by atoms with Gasteiger partial charge >= 0.3 is 5.97 Å². The van der Waals surface area contributed by atoms with E-state index in [4.69, 9.17) is 9.84 Å². The summed E-state index contributed by atoms with van der Waals surface area (Å²) in [6.45, 7) is 1.05. The van der Waals surface area contributed by atoms with Crippen LogP contribution in [0.4, 0.5) is 5.69 Å². The van der Waals surface area contributed by atoms with Gasteiger partial charge in [-0.15, -0.1) is 0 Å². The van der Waals surface area contributed by atoms with Crippen LogP contribution >= 0.6 is 0 Å². The summed E-state index contributed by atoms with van der Waals surface area (Å²) < 4.78 is 5.25. The van der Waals surface area contributed by atoms with Crippen LogP contribution in [-0.4, -0.2) is 43.1 Å². The van der Waals surface area contributed by atoms with Crippen LogP contribution in [0.5, 0.6) is 5.75 Å². The molecule has 7 nitrogen and oxygen atoms in total. The van der Waals surface area contributed by atoms with Crippen LogP contribution in [0, 0.1) is 0 Å². The highest BCUT2D eigenvalue weighted by atomic mass is 16.5. The number of nitrogens with zero attached hydrogens (tertiary/aromatic N) is 1. The normalized spacial score (nSPS) is 13.5. The molecule has 3 rings (SSSR count). The number of rotatable bonds is 7. The molecular formula is C21H22N2O5. The fraction of sp³-hybridized carbons (Fsp3) is 0.286. The molecular weight excluding hydrogens is 360 g/mol. The molecule has 1 fully saturated rings. The Labute approximate surface area is 162 Å². The average molecular weight is 382 g/mol. The first kappa shape index (κ1) is 19.4. The first-order valence-corrected chi connectivity index (χ1v) is 9.08. The van der Waals surface area contributed by atoms with Gasteiger partial charge in [0.1, 0.15) is 5.75 Å². The van der Waals surface area contributed by atoms with Crippen LogP contribution in [0.2, 0.25) is 0 Å². The Bertz CT molecular complexity index is 909. The Hall–Kier alpha value is -3.35. The quantitative estimate of drug-likeness (QED) is 0.767. The van der Waals surface area contributed by atoms with E-state index < -0.39 is 5.97 Å². The molecule has 0 atom stereocenters. The zero-order chi connectivity index (χ0) is 20.1. The third-order valence-electron chi connectivity index (χ3n) is 4.71. The summed E-state index contributed by atoms with van der Waals surface area (Å²) in [5, 5.41) is 11.9. The topological polar surface area (TPSA) is 95.9 Å². The van der Waals surface area contributed by atoms with Crippen LogP contribution < -0.4 is 15.0 Å². The highest BCUT2D eigenvalue weighted by Gasteiger charge is 2.22. The molecule has 28 heavy (non-hydrogen) atoms. The van der Waals surface area contributed by atoms with Crippen molar-refractivity contribution in [2.75, 3.05) is 25.1 Å². The number of aromatic carboxylic acids is 1. The SMILES string of the molecule is COc1cc(C(=O)O)ccc1CCNC(=O)c1cccc(N2CCCC2=O)c1. The number of anilines is 1. The van der Waals surface area contributed by atoms with Gasteiger partial charge in [-0.3, -0.25) is 9.59 Å². The predicted octanol–water partition coefficient (Wildman–Crippen LogP) is 2.49. The number of hydrogen-bond donors (Lipinski definition) is 2. The first-order valence-electron chi connectivity index (χ1n) is 9.08. The molecule has 1 heterocycles. The zero-order valence-corrected chi connectivity index (χ0v) is 15.6. The predicted molar refractivity (Wildman–Crippen MR) is 104 cm³/mol. The third-order valence-corrected chi connectivity index (χ3v) is 4.71. The molecule has 0 unspecified atom stereocenters. The van der Waals surface area contributed by atoms with E-state index in [1.807, 2.05) is 6.07 Å². The molecule has 0 radical (unpaired) electrons. The van der Waals surface area contributed by atoms with Crippen LogP contribution in [0.1, 0.15) is 39.1 Å². The van der Waals surface area contributed by atoms with Gasteiger partial charge in [0.2, 0.25) is 5.91 Å². The van der Waals surface area contributed by atoms with Gasteiger partial charge in [-0.25, -0.2) is 4.79 Å². The Morgan fingerprint density at radius 1 is 1.18 bits per heavy atom. The van der Waals surface area contributed by atoms with Crippen molar-refractivity contribution in [3.8, 4) is 5.75 Å². The smallest absolute Gasteiger partial charge is 0.335 e. The molecule has 1 saturated heterocycles. The average Bonchev–Trinajstić information content (AvgIpc) is 3.14. The maximum Gasteiger partial charge on any atom is 0.335 e. The largest absolute Gasteiger partial charge is 0.496 e. The highest BCUT2D eigenvalue weighted by Crippen LogP contribution is 2.23. The first-order chi connectivity index (χ1) is 13.5. The van der Waals surface area contributed by atoms with Gasteiger partial charge in [0.05, 0.1) is 12.7 Å². The molecule has 146 valence electrons. The van der Waals surface area contributed by atoms with Crippen molar-refractivity contribution < 1.29 is 24.2 Å². The van der Waals surface area contributed by atoms with E-state index in [1.165, 1.54) is 19.2 Å². The number of carboxylic acids is 1. The highest BCUT2D eigenvalue weighted by molar-refractivity contribution is 5.99. The monoisotopic (exact) mass is 382 g/mol. The number of benzene rings is 2. The van der Waals surface area contributed by atoms with Gasteiger partial charge in [-0.2, -0.15) is 0 Å². The molecule has 1 aliphatic rings. The van der Waals surface area contributed by atoms with Crippen molar-refractivity contribution in [2.45, 2.75) is 19.3 Å². The number of carbonyl (C=O) groups is 3. The summed E-state index contributed by atoms with van der Waals surface area (Å²) in [6, 6.07) is 11.7. The molecule has 2 amide bonds.